The number of rotatable bonds is 6. The molecule has 0 aliphatic heterocycles. The maximum absolute atomic E-state index is 12.5. The molecule has 11 heteroatoms. The van der Waals surface area contributed by atoms with Gasteiger partial charge in [0.1, 0.15) is 11.5 Å². The van der Waals surface area contributed by atoms with Gasteiger partial charge in [-0.2, -0.15) is 0 Å². The first-order valence-corrected chi connectivity index (χ1v) is 8.96. The molecule has 3 rings (SSSR count). The average molecular weight is 402 g/mol. The van der Waals surface area contributed by atoms with Crippen LogP contribution in [0.5, 0.6) is 0 Å². The maximum Gasteiger partial charge on any atom is 0.341 e. The van der Waals surface area contributed by atoms with E-state index in [2.05, 4.69) is 10.3 Å². The number of aromatic nitrogens is 2. The van der Waals surface area contributed by atoms with Gasteiger partial charge >= 0.3 is 5.97 Å². The number of thiophene rings is 1. The van der Waals surface area contributed by atoms with E-state index in [0.29, 0.717) is 5.00 Å². The van der Waals surface area contributed by atoms with Crippen molar-refractivity contribution in [3.63, 3.8) is 0 Å². The normalized spacial score (nSPS) is 10.6. The third-order valence-electron chi connectivity index (χ3n) is 3.75. The topological polar surface area (TPSA) is 133 Å². The molecule has 0 bridgehead atoms. The van der Waals surface area contributed by atoms with Crippen LogP contribution in [0.4, 0.5) is 10.7 Å². The summed E-state index contributed by atoms with van der Waals surface area (Å²) >= 11 is 1.15. The molecule has 0 radical (unpaired) electrons. The Morgan fingerprint density at radius 3 is 2.86 bits per heavy atom. The second-order valence-electron chi connectivity index (χ2n) is 5.57. The number of non-ortho nitro benzene ring substituents is 1. The summed E-state index contributed by atoms with van der Waals surface area (Å²) < 4.78 is 6.01. The Kier molecular flexibility index (Phi) is 5.45. The van der Waals surface area contributed by atoms with E-state index in [1.54, 1.807) is 12.3 Å². The molecule has 3 aromatic rings. The van der Waals surface area contributed by atoms with Crippen molar-refractivity contribution in [3.8, 4) is 0 Å². The maximum atomic E-state index is 12.5. The van der Waals surface area contributed by atoms with Gasteiger partial charge in [-0.15, -0.1) is 11.3 Å². The van der Waals surface area contributed by atoms with Crippen molar-refractivity contribution in [1.82, 2.24) is 9.55 Å². The second-order valence-corrected chi connectivity index (χ2v) is 6.48. The van der Waals surface area contributed by atoms with Gasteiger partial charge in [0.25, 0.3) is 11.2 Å². The lowest BCUT2D eigenvalue weighted by Gasteiger charge is -2.08. The van der Waals surface area contributed by atoms with E-state index in [9.17, 15) is 24.5 Å². The molecule has 0 atom stereocenters. The quantitative estimate of drug-likeness (QED) is 0.379. The Morgan fingerprint density at radius 2 is 2.14 bits per heavy atom. The molecule has 0 aliphatic carbocycles. The first kappa shape index (κ1) is 19.2. The minimum absolute atomic E-state index is 0.157. The summed E-state index contributed by atoms with van der Waals surface area (Å²) in [6.07, 6.45) is 1.15. The van der Waals surface area contributed by atoms with Gasteiger partial charge < -0.3 is 10.1 Å². The molecule has 0 aliphatic rings. The van der Waals surface area contributed by atoms with Crippen LogP contribution in [0.25, 0.3) is 10.9 Å². The molecule has 0 spiro atoms. The SMILES string of the molecule is CCOC(=O)c1ccsc1NC(=O)Cn1cnc2cc([N+](=O)[O-])ccc2c1=O. The van der Waals surface area contributed by atoms with E-state index < -0.39 is 22.4 Å². The lowest BCUT2D eigenvalue weighted by molar-refractivity contribution is -0.384. The minimum atomic E-state index is -0.581. The summed E-state index contributed by atoms with van der Waals surface area (Å²) in [6.45, 7) is 1.55. The number of esters is 1. The third-order valence-corrected chi connectivity index (χ3v) is 4.58. The summed E-state index contributed by atoms with van der Waals surface area (Å²) in [5.41, 5.74) is -0.291. The first-order chi connectivity index (χ1) is 13.4. The summed E-state index contributed by atoms with van der Waals surface area (Å²) in [6, 6.07) is 5.23. The van der Waals surface area contributed by atoms with Crippen molar-refractivity contribution in [2.24, 2.45) is 0 Å². The van der Waals surface area contributed by atoms with Gasteiger partial charge in [0, 0.05) is 12.1 Å². The fourth-order valence-corrected chi connectivity index (χ4v) is 3.26. The first-order valence-electron chi connectivity index (χ1n) is 8.08. The molecule has 0 saturated heterocycles. The van der Waals surface area contributed by atoms with Gasteiger partial charge in [-0.3, -0.25) is 24.3 Å². The zero-order chi connectivity index (χ0) is 20.3. The van der Waals surface area contributed by atoms with Crippen LogP contribution in [0.1, 0.15) is 17.3 Å². The van der Waals surface area contributed by atoms with Crippen molar-refractivity contribution in [3.05, 3.63) is 62.0 Å². The highest BCUT2D eigenvalue weighted by Crippen LogP contribution is 2.24. The predicted octanol–water partition coefficient (Wildman–Crippen LogP) is 2.18. The molecule has 0 unspecified atom stereocenters. The van der Waals surface area contributed by atoms with Crippen LogP contribution in [0.3, 0.4) is 0 Å². The van der Waals surface area contributed by atoms with Gasteiger partial charge in [-0.25, -0.2) is 9.78 Å². The summed E-state index contributed by atoms with van der Waals surface area (Å²) in [5.74, 6) is -1.08. The molecule has 2 aromatic heterocycles. The molecular weight excluding hydrogens is 388 g/mol. The molecule has 0 saturated carbocycles. The van der Waals surface area contributed by atoms with Crippen LogP contribution >= 0.6 is 11.3 Å². The van der Waals surface area contributed by atoms with Crippen molar-refractivity contribution >= 4 is 44.8 Å². The Hall–Kier alpha value is -3.60. The molecule has 1 amide bonds. The van der Waals surface area contributed by atoms with E-state index in [-0.39, 0.29) is 35.3 Å². The zero-order valence-electron chi connectivity index (χ0n) is 14.6. The molecule has 10 nitrogen and oxygen atoms in total. The molecule has 0 fully saturated rings. The highest BCUT2D eigenvalue weighted by Gasteiger charge is 2.17. The largest absolute Gasteiger partial charge is 0.462 e. The fourth-order valence-electron chi connectivity index (χ4n) is 2.47. The standard InChI is InChI=1S/C17H14N4O6S/c1-2-27-17(24)12-5-6-28-15(12)19-14(22)8-20-9-18-13-7-10(21(25)26)3-4-11(13)16(20)23/h3-7,9H,2,8H2,1H3,(H,19,22). The number of amides is 1. The van der Waals surface area contributed by atoms with Crippen LogP contribution in [0.15, 0.2) is 40.8 Å². The molecule has 2 heterocycles. The lowest BCUT2D eigenvalue weighted by atomic mass is 10.2. The molecule has 1 N–H and O–H groups in total. The number of nitrogens with one attached hydrogen (secondary N) is 1. The molecule has 28 heavy (non-hydrogen) atoms. The Morgan fingerprint density at radius 1 is 1.36 bits per heavy atom. The second kappa shape index (κ2) is 7.96. The molecule has 1 aromatic carbocycles. The van der Waals surface area contributed by atoms with Crippen molar-refractivity contribution < 1.29 is 19.2 Å². The number of ether oxygens (including phenoxy) is 1. The van der Waals surface area contributed by atoms with E-state index in [4.69, 9.17) is 4.74 Å². The van der Waals surface area contributed by atoms with Crippen molar-refractivity contribution in [2.45, 2.75) is 13.5 Å². The Labute approximate surface area is 161 Å². The summed E-state index contributed by atoms with van der Waals surface area (Å²) in [5, 5.41) is 15.5. The Balaban J connectivity index is 1.80. The number of carbonyl (C=O) groups is 2. The van der Waals surface area contributed by atoms with Crippen molar-refractivity contribution in [1.29, 1.82) is 0 Å². The van der Waals surface area contributed by atoms with E-state index in [1.165, 1.54) is 24.3 Å². The number of nitro groups is 1. The number of fused-ring (bicyclic) bond motifs is 1. The third kappa shape index (κ3) is 3.88. The Bertz CT molecular complexity index is 1140. The van der Waals surface area contributed by atoms with Crippen LogP contribution in [0.2, 0.25) is 0 Å². The number of anilines is 1. The zero-order valence-corrected chi connectivity index (χ0v) is 15.4. The average Bonchev–Trinajstić information content (AvgIpc) is 3.12. The van der Waals surface area contributed by atoms with Gasteiger partial charge in [-0.05, 0) is 24.4 Å². The highest BCUT2D eigenvalue weighted by molar-refractivity contribution is 7.14. The van der Waals surface area contributed by atoms with E-state index in [0.717, 1.165) is 22.2 Å². The van der Waals surface area contributed by atoms with Crippen molar-refractivity contribution in [2.75, 3.05) is 11.9 Å². The minimum Gasteiger partial charge on any atom is -0.462 e. The number of hydrogen-bond acceptors (Lipinski definition) is 8. The van der Waals surface area contributed by atoms with Gasteiger partial charge in [0.2, 0.25) is 5.91 Å². The number of benzene rings is 1. The predicted molar refractivity (Wildman–Crippen MR) is 102 cm³/mol. The highest BCUT2D eigenvalue weighted by atomic mass is 32.1. The summed E-state index contributed by atoms with van der Waals surface area (Å²) in [7, 11) is 0. The van der Waals surface area contributed by atoms with Gasteiger partial charge in [-0.1, -0.05) is 0 Å². The number of hydrogen-bond donors (Lipinski definition) is 1. The van der Waals surface area contributed by atoms with E-state index in [1.807, 2.05) is 0 Å². The monoisotopic (exact) mass is 402 g/mol. The van der Waals surface area contributed by atoms with Gasteiger partial charge in [0.15, 0.2) is 0 Å². The lowest BCUT2D eigenvalue weighted by Crippen LogP contribution is -2.28. The number of carbonyl (C=O) groups excluding carboxylic acids is 2. The smallest absolute Gasteiger partial charge is 0.341 e. The van der Waals surface area contributed by atoms with Crippen LogP contribution < -0.4 is 10.9 Å². The van der Waals surface area contributed by atoms with Crippen LogP contribution in [-0.4, -0.2) is 33.0 Å². The van der Waals surface area contributed by atoms with E-state index >= 15 is 0 Å². The fraction of sp³-hybridized carbons (Fsp3) is 0.176. The number of nitrogens with zero attached hydrogens (tertiary/aromatic N) is 3. The van der Waals surface area contributed by atoms with Crippen LogP contribution in [-0.2, 0) is 16.1 Å². The van der Waals surface area contributed by atoms with Crippen LogP contribution in [0, 0.1) is 10.1 Å². The summed E-state index contributed by atoms with van der Waals surface area (Å²) in [4.78, 5) is 50.9. The molecular formula is C17H14N4O6S. The van der Waals surface area contributed by atoms with Gasteiger partial charge in [0.05, 0.1) is 34.3 Å². The number of nitro benzene ring substituents is 1. The molecule has 144 valence electrons.